The highest BCUT2D eigenvalue weighted by molar-refractivity contribution is 6.32. The Morgan fingerprint density at radius 2 is 1.68 bits per heavy atom. The minimum absolute atomic E-state index is 0.110. The standard InChI is InChI=1S/C27H20ClF3N2O5/c1-26(33-2,14-22(34)18-5-7-19(8-6-18)38-27(29,30)31)16-36-25-12-17(15-32)4-10-24(25)37-23-11-9-20(35-3)13-21(23)28/h4-13H,14,16H2,1,3H3. The fraction of sp³-hybridized carbons (Fsp3) is 0.222. The molecule has 3 aromatic rings. The number of nitrogens with zero attached hydrogens (tertiary/aromatic N) is 2. The number of Topliss-reactive ketones (excluding diaryl/α,β-unsaturated/α-hetero) is 1. The number of carbonyl (C=O) groups is 1. The Morgan fingerprint density at radius 1 is 1.03 bits per heavy atom. The van der Waals surface area contributed by atoms with Gasteiger partial charge in [-0.2, -0.15) is 5.26 Å². The van der Waals surface area contributed by atoms with Crippen LogP contribution in [0.4, 0.5) is 13.2 Å². The van der Waals surface area contributed by atoms with Crippen molar-refractivity contribution in [1.82, 2.24) is 0 Å². The third-order valence-electron chi connectivity index (χ3n) is 5.19. The monoisotopic (exact) mass is 544 g/mol. The summed E-state index contributed by atoms with van der Waals surface area (Å²) in [6, 6.07) is 15.7. The smallest absolute Gasteiger partial charge is 0.497 e. The molecule has 196 valence electrons. The van der Waals surface area contributed by atoms with Gasteiger partial charge in [0, 0.05) is 24.6 Å². The molecule has 0 N–H and O–H groups in total. The second-order valence-corrected chi connectivity index (χ2v) is 8.65. The lowest BCUT2D eigenvalue weighted by atomic mass is 9.94. The summed E-state index contributed by atoms with van der Waals surface area (Å²) in [6.45, 7) is 8.88. The van der Waals surface area contributed by atoms with E-state index in [0.29, 0.717) is 11.5 Å². The Morgan fingerprint density at radius 3 is 2.26 bits per heavy atom. The Hall–Kier alpha value is -4.41. The number of ketones is 1. The second kappa shape index (κ2) is 11.8. The van der Waals surface area contributed by atoms with Crippen LogP contribution in [-0.4, -0.2) is 31.4 Å². The van der Waals surface area contributed by atoms with E-state index in [0.717, 1.165) is 12.1 Å². The van der Waals surface area contributed by atoms with E-state index in [4.69, 9.17) is 32.4 Å². The molecule has 0 aliphatic heterocycles. The number of rotatable bonds is 10. The molecule has 0 amide bonds. The fourth-order valence-electron chi connectivity index (χ4n) is 3.23. The van der Waals surface area contributed by atoms with Crippen molar-refractivity contribution in [2.45, 2.75) is 25.2 Å². The molecule has 0 aliphatic rings. The van der Waals surface area contributed by atoms with Gasteiger partial charge in [-0.1, -0.05) is 11.6 Å². The van der Waals surface area contributed by atoms with E-state index in [1.165, 1.54) is 44.4 Å². The van der Waals surface area contributed by atoms with Gasteiger partial charge < -0.3 is 23.8 Å². The third-order valence-corrected chi connectivity index (χ3v) is 5.49. The van der Waals surface area contributed by atoms with Crippen molar-refractivity contribution in [3.63, 3.8) is 0 Å². The maximum Gasteiger partial charge on any atom is 0.573 e. The first-order valence-electron chi connectivity index (χ1n) is 10.9. The molecule has 0 saturated carbocycles. The van der Waals surface area contributed by atoms with Gasteiger partial charge in [0.25, 0.3) is 5.54 Å². The molecule has 0 aromatic heterocycles. The number of benzene rings is 3. The van der Waals surface area contributed by atoms with Gasteiger partial charge in [0.2, 0.25) is 0 Å². The van der Waals surface area contributed by atoms with E-state index in [9.17, 15) is 23.2 Å². The first kappa shape index (κ1) is 28.2. The van der Waals surface area contributed by atoms with Crippen molar-refractivity contribution in [2.75, 3.05) is 13.7 Å². The Labute approximate surface area is 221 Å². The van der Waals surface area contributed by atoms with E-state index in [1.807, 2.05) is 6.07 Å². The number of alkyl halides is 3. The number of methoxy groups -OCH3 is 1. The van der Waals surface area contributed by atoms with Crippen LogP contribution in [0.3, 0.4) is 0 Å². The molecule has 0 aliphatic carbocycles. The molecular formula is C27H20ClF3N2O5. The van der Waals surface area contributed by atoms with Gasteiger partial charge in [0.1, 0.15) is 17.2 Å². The minimum atomic E-state index is -4.85. The van der Waals surface area contributed by atoms with E-state index >= 15 is 0 Å². The second-order valence-electron chi connectivity index (χ2n) is 8.24. The van der Waals surface area contributed by atoms with Gasteiger partial charge in [-0.25, -0.2) is 6.57 Å². The van der Waals surface area contributed by atoms with Crippen LogP contribution >= 0.6 is 11.6 Å². The van der Waals surface area contributed by atoms with Crippen LogP contribution in [0.2, 0.25) is 5.02 Å². The van der Waals surface area contributed by atoms with Gasteiger partial charge >= 0.3 is 6.36 Å². The lowest BCUT2D eigenvalue weighted by Gasteiger charge is -2.19. The molecule has 1 unspecified atom stereocenters. The van der Waals surface area contributed by atoms with E-state index < -0.39 is 23.4 Å². The topological polar surface area (TPSA) is 82.1 Å². The highest BCUT2D eigenvalue weighted by Gasteiger charge is 2.36. The van der Waals surface area contributed by atoms with E-state index in [-0.39, 0.29) is 40.7 Å². The molecule has 0 fully saturated rings. The van der Waals surface area contributed by atoms with Crippen LogP contribution in [0, 0.1) is 17.9 Å². The van der Waals surface area contributed by atoms with Crippen LogP contribution < -0.4 is 18.9 Å². The largest absolute Gasteiger partial charge is 0.573 e. The van der Waals surface area contributed by atoms with Crippen LogP contribution in [0.5, 0.6) is 28.7 Å². The molecule has 0 saturated heterocycles. The number of hydrogen-bond donors (Lipinski definition) is 0. The zero-order chi connectivity index (χ0) is 27.9. The van der Waals surface area contributed by atoms with Gasteiger partial charge in [0.15, 0.2) is 23.9 Å². The summed E-state index contributed by atoms with van der Waals surface area (Å²) in [5.41, 5.74) is -0.954. The normalized spacial score (nSPS) is 12.4. The molecule has 3 aromatic carbocycles. The number of carbonyl (C=O) groups excluding carboxylic acids is 1. The average molecular weight is 545 g/mol. The summed E-state index contributed by atoms with van der Waals surface area (Å²) in [5, 5.41) is 9.57. The predicted octanol–water partition coefficient (Wildman–Crippen LogP) is 7.24. The Bertz CT molecular complexity index is 1400. The maximum atomic E-state index is 12.8. The lowest BCUT2D eigenvalue weighted by Crippen LogP contribution is -2.32. The molecule has 1 atom stereocenters. The molecule has 11 heteroatoms. The Balaban J connectivity index is 1.75. The van der Waals surface area contributed by atoms with Gasteiger partial charge in [-0.3, -0.25) is 4.79 Å². The molecule has 0 bridgehead atoms. The highest BCUT2D eigenvalue weighted by atomic mass is 35.5. The lowest BCUT2D eigenvalue weighted by molar-refractivity contribution is -0.274. The fourth-order valence-corrected chi connectivity index (χ4v) is 3.44. The van der Waals surface area contributed by atoms with Gasteiger partial charge in [-0.05, 0) is 48.5 Å². The molecule has 38 heavy (non-hydrogen) atoms. The van der Waals surface area contributed by atoms with Crippen molar-refractivity contribution in [3.05, 3.63) is 88.2 Å². The zero-order valence-corrected chi connectivity index (χ0v) is 20.9. The molecular weight excluding hydrogens is 525 g/mol. The van der Waals surface area contributed by atoms with Crippen LogP contribution in [-0.2, 0) is 0 Å². The van der Waals surface area contributed by atoms with Crippen molar-refractivity contribution < 1.29 is 36.9 Å². The van der Waals surface area contributed by atoms with Gasteiger partial charge in [-0.15, -0.1) is 13.2 Å². The highest BCUT2D eigenvalue weighted by Crippen LogP contribution is 2.38. The van der Waals surface area contributed by atoms with Crippen molar-refractivity contribution in [1.29, 1.82) is 5.26 Å². The summed E-state index contributed by atoms with van der Waals surface area (Å²) in [7, 11) is 1.50. The summed E-state index contributed by atoms with van der Waals surface area (Å²) in [6.07, 6.45) is -5.13. The Kier molecular flexibility index (Phi) is 8.72. The minimum Gasteiger partial charge on any atom is -0.497 e. The molecule has 0 heterocycles. The van der Waals surface area contributed by atoms with Crippen LogP contribution in [0.25, 0.3) is 4.85 Å². The number of hydrogen-bond acceptors (Lipinski definition) is 6. The zero-order valence-electron chi connectivity index (χ0n) is 20.1. The van der Waals surface area contributed by atoms with Crippen molar-refractivity contribution >= 4 is 17.4 Å². The molecule has 3 rings (SSSR count). The van der Waals surface area contributed by atoms with Crippen molar-refractivity contribution in [2.24, 2.45) is 0 Å². The summed E-state index contributed by atoms with van der Waals surface area (Å²) < 4.78 is 57.8. The summed E-state index contributed by atoms with van der Waals surface area (Å²) in [4.78, 5) is 16.3. The van der Waals surface area contributed by atoms with E-state index in [2.05, 4.69) is 9.58 Å². The summed E-state index contributed by atoms with van der Waals surface area (Å²) in [5.74, 6) is 0.244. The average Bonchev–Trinajstić information content (AvgIpc) is 2.88. The number of halogens is 4. The number of ether oxygens (including phenoxy) is 4. The maximum absolute atomic E-state index is 12.8. The number of nitriles is 1. The molecule has 0 spiro atoms. The molecule has 0 radical (unpaired) electrons. The van der Waals surface area contributed by atoms with Crippen LogP contribution in [0.1, 0.15) is 29.3 Å². The molecule has 7 nitrogen and oxygen atoms in total. The first-order valence-corrected chi connectivity index (χ1v) is 11.3. The van der Waals surface area contributed by atoms with Gasteiger partial charge in [0.05, 0.1) is 30.2 Å². The van der Waals surface area contributed by atoms with Crippen molar-refractivity contribution in [3.8, 4) is 34.8 Å². The SMILES string of the molecule is [C-]#[N+]C(C)(COc1cc(C#N)ccc1Oc1ccc(OC)cc1Cl)CC(=O)c1ccc(OC(F)(F)F)cc1. The predicted molar refractivity (Wildman–Crippen MR) is 132 cm³/mol. The third kappa shape index (κ3) is 7.55. The quantitative estimate of drug-likeness (QED) is 0.198. The van der Waals surface area contributed by atoms with Crippen LogP contribution in [0.15, 0.2) is 60.7 Å². The first-order chi connectivity index (χ1) is 17.9. The summed E-state index contributed by atoms with van der Waals surface area (Å²) >= 11 is 6.26. The van der Waals surface area contributed by atoms with E-state index in [1.54, 1.807) is 18.2 Å².